The molecule has 1 aliphatic rings. The molecule has 0 spiro atoms. The largest absolute Gasteiger partial charge is 0.462 e. The Bertz CT molecular complexity index is 1080. The first kappa shape index (κ1) is 22.4. The van der Waals surface area contributed by atoms with E-state index in [0.29, 0.717) is 22.2 Å². The van der Waals surface area contributed by atoms with Crippen molar-refractivity contribution in [2.75, 3.05) is 12.3 Å². The minimum absolute atomic E-state index is 0.110. The van der Waals surface area contributed by atoms with Gasteiger partial charge in [0.1, 0.15) is 30.2 Å². The van der Waals surface area contributed by atoms with Crippen molar-refractivity contribution in [1.29, 1.82) is 0 Å². The lowest BCUT2D eigenvalue weighted by Crippen LogP contribution is -2.60. The first-order valence-corrected chi connectivity index (χ1v) is 10.2. The van der Waals surface area contributed by atoms with Gasteiger partial charge < -0.3 is 35.6 Å². The van der Waals surface area contributed by atoms with Gasteiger partial charge in [0.15, 0.2) is 0 Å². The predicted molar refractivity (Wildman–Crippen MR) is 117 cm³/mol. The summed E-state index contributed by atoms with van der Waals surface area (Å²) in [6, 6.07) is 15.8. The van der Waals surface area contributed by atoms with Gasteiger partial charge in [-0.3, -0.25) is 0 Å². The SMILES string of the molecule is Nc1nc(-c2ccc(OC3OC(CO)C(O)C(O)C3O)cc2)cc(-c2cccc(Cl)c2)n1. The second kappa shape index (κ2) is 9.37. The van der Waals surface area contributed by atoms with Crippen LogP contribution in [0.3, 0.4) is 0 Å². The normalized spacial score (nSPS) is 25.5. The average Bonchev–Trinajstić information content (AvgIpc) is 2.79. The van der Waals surface area contributed by atoms with Crippen LogP contribution in [0.4, 0.5) is 5.95 Å². The maximum absolute atomic E-state index is 10.1. The van der Waals surface area contributed by atoms with Crippen LogP contribution in [-0.4, -0.2) is 67.7 Å². The standard InChI is InChI=1S/C22H22ClN3O6/c23-13-3-1-2-12(8-13)16-9-15(25-22(24)26-16)11-4-6-14(7-5-11)31-21-20(30)19(29)18(28)17(10-27)32-21/h1-9,17-21,27-30H,10H2,(H2,24,25,26). The van der Waals surface area contributed by atoms with Crippen molar-refractivity contribution in [3.05, 3.63) is 59.6 Å². The van der Waals surface area contributed by atoms with Crippen molar-refractivity contribution in [2.24, 2.45) is 0 Å². The number of nitrogens with two attached hydrogens (primary N) is 1. The van der Waals surface area contributed by atoms with Crippen LogP contribution in [0, 0.1) is 0 Å². The summed E-state index contributed by atoms with van der Waals surface area (Å²) in [5.74, 6) is 0.453. The van der Waals surface area contributed by atoms with Gasteiger partial charge in [0.25, 0.3) is 0 Å². The molecule has 5 unspecified atom stereocenters. The van der Waals surface area contributed by atoms with Gasteiger partial charge in [-0.05, 0) is 42.5 Å². The van der Waals surface area contributed by atoms with E-state index in [4.69, 9.17) is 26.8 Å². The molecule has 0 radical (unpaired) electrons. The number of nitrogen functional groups attached to an aromatic ring is 1. The summed E-state index contributed by atoms with van der Waals surface area (Å²) in [6.07, 6.45) is -6.77. The summed E-state index contributed by atoms with van der Waals surface area (Å²) in [7, 11) is 0. The van der Waals surface area contributed by atoms with Gasteiger partial charge in [-0.1, -0.05) is 23.7 Å². The second-order valence-electron chi connectivity index (χ2n) is 7.35. The summed E-state index contributed by atoms with van der Waals surface area (Å²) in [6.45, 7) is -0.534. The molecule has 1 aliphatic heterocycles. The number of halogens is 1. The molecule has 32 heavy (non-hydrogen) atoms. The van der Waals surface area contributed by atoms with Crippen LogP contribution < -0.4 is 10.5 Å². The lowest BCUT2D eigenvalue weighted by molar-refractivity contribution is -0.277. The first-order valence-electron chi connectivity index (χ1n) is 9.84. The topological polar surface area (TPSA) is 151 Å². The summed E-state index contributed by atoms with van der Waals surface area (Å²) in [4.78, 5) is 8.57. The van der Waals surface area contributed by atoms with E-state index in [2.05, 4.69) is 9.97 Å². The van der Waals surface area contributed by atoms with Crippen LogP contribution in [0.15, 0.2) is 54.6 Å². The van der Waals surface area contributed by atoms with E-state index in [1.54, 1.807) is 42.5 Å². The number of aromatic nitrogens is 2. The van der Waals surface area contributed by atoms with Gasteiger partial charge in [0, 0.05) is 16.1 Å². The number of aliphatic hydroxyl groups excluding tert-OH is 4. The van der Waals surface area contributed by atoms with Gasteiger partial charge in [-0.2, -0.15) is 0 Å². The molecule has 1 aromatic heterocycles. The average molecular weight is 460 g/mol. The van der Waals surface area contributed by atoms with Crippen LogP contribution in [0.25, 0.3) is 22.5 Å². The van der Waals surface area contributed by atoms with Crippen molar-refractivity contribution < 1.29 is 29.9 Å². The number of hydrogen-bond acceptors (Lipinski definition) is 9. The first-order chi connectivity index (χ1) is 15.4. The smallest absolute Gasteiger partial charge is 0.229 e. The highest BCUT2D eigenvalue weighted by Crippen LogP contribution is 2.29. The number of benzene rings is 2. The molecular weight excluding hydrogens is 438 g/mol. The van der Waals surface area contributed by atoms with E-state index in [0.717, 1.165) is 11.1 Å². The Labute approximate surface area is 188 Å². The molecule has 5 atom stereocenters. The van der Waals surface area contributed by atoms with E-state index in [9.17, 15) is 20.4 Å². The van der Waals surface area contributed by atoms with Gasteiger partial charge in [0.05, 0.1) is 18.0 Å². The predicted octanol–water partition coefficient (Wildman–Crippen LogP) is 1.22. The minimum Gasteiger partial charge on any atom is -0.462 e. The van der Waals surface area contributed by atoms with Crippen LogP contribution in [-0.2, 0) is 4.74 Å². The molecule has 6 N–H and O–H groups in total. The number of rotatable bonds is 5. The lowest BCUT2D eigenvalue weighted by Gasteiger charge is -2.39. The Morgan fingerprint density at radius 1 is 0.906 bits per heavy atom. The quantitative estimate of drug-likeness (QED) is 0.379. The van der Waals surface area contributed by atoms with Crippen molar-refractivity contribution >= 4 is 17.5 Å². The lowest BCUT2D eigenvalue weighted by atomic mass is 9.99. The second-order valence-corrected chi connectivity index (χ2v) is 7.78. The number of hydrogen-bond donors (Lipinski definition) is 5. The molecule has 0 aliphatic carbocycles. The molecule has 4 rings (SSSR count). The summed E-state index contributed by atoms with van der Waals surface area (Å²) in [5, 5.41) is 39.8. The maximum atomic E-state index is 10.1. The molecule has 3 aromatic rings. The van der Waals surface area contributed by atoms with Crippen molar-refractivity contribution in [2.45, 2.75) is 30.7 Å². The van der Waals surface area contributed by atoms with E-state index in [1.807, 2.05) is 12.1 Å². The van der Waals surface area contributed by atoms with E-state index < -0.39 is 37.3 Å². The Hall–Kier alpha value is -2.79. The minimum atomic E-state index is -1.51. The van der Waals surface area contributed by atoms with Crippen LogP contribution >= 0.6 is 11.6 Å². The highest BCUT2D eigenvalue weighted by atomic mass is 35.5. The molecule has 0 amide bonds. The van der Waals surface area contributed by atoms with Crippen molar-refractivity contribution in [3.63, 3.8) is 0 Å². The van der Waals surface area contributed by atoms with Gasteiger partial charge in [0.2, 0.25) is 12.2 Å². The van der Waals surface area contributed by atoms with Crippen LogP contribution in [0.5, 0.6) is 5.75 Å². The molecule has 2 heterocycles. The summed E-state index contributed by atoms with van der Waals surface area (Å²) >= 11 is 6.07. The molecule has 10 heteroatoms. The molecule has 1 fully saturated rings. The number of aliphatic hydroxyl groups is 4. The summed E-state index contributed by atoms with van der Waals surface area (Å²) < 4.78 is 11.0. The number of ether oxygens (including phenoxy) is 2. The molecule has 0 saturated carbocycles. The Balaban J connectivity index is 1.54. The zero-order valence-electron chi connectivity index (χ0n) is 16.7. The fraction of sp³-hybridized carbons (Fsp3) is 0.273. The zero-order valence-corrected chi connectivity index (χ0v) is 17.5. The molecular formula is C22H22ClN3O6. The molecule has 1 saturated heterocycles. The Morgan fingerprint density at radius 3 is 2.25 bits per heavy atom. The third-order valence-electron chi connectivity index (χ3n) is 5.11. The van der Waals surface area contributed by atoms with Crippen LogP contribution in [0.1, 0.15) is 0 Å². The molecule has 9 nitrogen and oxygen atoms in total. The highest BCUT2D eigenvalue weighted by Gasteiger charge is 2.44. The van der Waals surface area contributed by atoms with E-state index in [1.165, 1.54) is 0 Å². The number of anilines is 1. The number of nitrogens with zero attached hydrogens (tertiary/aromatic N) is 2. The van der Waals surface area contributed by atoms with Crippen molar-refractivity contribution in [3.8, 4) is 28.3 Å². The summed E-state index contributed by atoms with van der Waals surface area (Å²) in [5.41, 5.74) is 8.65. The zero-order chi connectivity index (χ0) is 22.8. The van der Waals surface area contributed by atoms with Gasteiger partial charge >= 0.3 is 0 Å². The third-order valence-corrected chi connectivity index (χ3v) is 5.35. The maximum Gasteiger partial charge on any atom is 0.229 e. The fourth-order valence-corrected chi connectivity index (χ4v) is 3.60. The monoisotopic (exact) mass is 459 g/mol. The van der Waals surface area contributed by atoms with Gasteiger partial charge in [-0.25, -0.2) is 9.97 Å². The highest BCUT2D eigenvalue weighted by molar-refractivity contribution is 6.30. The Morgan fingerprint density at radius 2 is 1.59 bits per heavy atom. The molecule has 168 valence electrons. The third kappa shape index (κ3) is 4.68. The molecule has 2 aromatic carbocycles. The Kier molecular flexibility index (Phi) is 6.56. The fourth-order valence-electron chi connectivity index (χ4n) is 3.41. The van der Waals surface area contributed by atoms with E-state index >= 15 is 0 Å². The van der Waals surface area contributed by atoms with Gasteiger partial charge in [-0.15, -0.1) is 0 Å². The van der Waals surface area contributed by atoms with E-state index in [-0.39, 0.29) is 5.95 Å². The van der Waals surface area contributed by atoms with Crippen LogP contribution in [0.2, 0.25) is 5.02 Å². The van der Waals surface area contributed by atoms with Crippen molar-refractivity contribution in [1.82, 2.24) is 9.97 Å². The molecule has 0 bridgehead atoms.